The van der Waals surface area contributed by atoms with Gasteiger partial charge in [-0.15, -0.1) is 0 Å². The second-order valence-electron chi connectivity index (χ2n) is 5.89. The molecule has 0 fully saturated rings. The van der Waals surface area contributed by atoms with Crippen LogP contribution in [-0.4, -0.2) is 22.2 Å². The van der Waals surface area contributed by atoms with E-state index in [2.05, 4.69) is 11.9 Å². The van der Waals surface area contributed by atoms with Crippen molar-refractivity contribution >= 4 is 12.6 Å². The van der Waals surface area contributed by atoms with Gasteiger partial charge in [0.1, 0.15) is 0 Å². The van der Waals surface area contributed by atoms with E-state index < -0.39 is 7.12 Å². The molecule has 0 saturated heterocycles. The highest BCUT2D eigenvalue weighted by Gasteiger charge is 2.10. The average Bonchev–Trinajstić information content (AvgIpc) is 2.49. The second-order valence-corrected chi connectivity index (χ2v) is 5.89. The Morgan fingerprint density at radius 2 is 1.43 bits per heavy atom. The maximum atomic E-state index is 8.99. The SMILES string of the molecule is CCCCCCCCCCCCc1ccc(B(O)O)cn1. The fraction of sp³-hybridized carbons (Fsp3) is 0.706. The van der Waals surface area contributed by atoms with Crippen LogP contribution >= 0.6 is 0 Å². The maximum Gasteiger partial charge on any atom is 0.490 e. The highest BCUT2D eigenvalue weighted by atomic mass is 16.4. The van der Waals surface area contributed by atoms with Crippen LogP contribution in [0, 0.1) is 0 Å². The quantitative estimate of drug-likeness (QED) is 0.459. The van der Waals surface area contributed by atoms with Gasteiger partial charge in [-0.3, -0.25) is 4.98 Å². The number of rotatable bonds is 12. The molecule has 0 spiro atoms. The first-order valence-corrected chi connectivity index (χ1v) is 8.55. The summed E-state index contributed by atoms with van der Waals surface area (Å²) in [5.74, 6) is 0. The van der Waals surface area contributed by atoms with Gasteiger partial charge in [0.05, 0.1) is 0 Å². The van der Waals surface area contributed by atoms with Gasteiger partial charge in [-0.25, -0.2) is 0 Å². The Labute approximate surface area is 130 Å². The lowest BCUT2D eigenvalue weighted by molar-refractivity contribution is 0.425. The fourth-order valence-corrected chi connectivity index (χ4v) is 2.53. The summed E-state index contributed by atoms with van der Waals surface area (Å²) in [4.78, 5) is 4.26. The van der Waals surface area contributed by atoms with Crippen LogP contribution in [-0.2, 0) is 6.42 Å². The van der Waals surface area contributed by atoms with E-state index in [4.69, 9.17) is 10.0 Å². The van der Waals surface area contributed by atoms with Crippen LogP contribution in [0.4, 0.5) is 0 Å². The van der Waals surface area contributed by atoms with E-state index in [0.717, 1.165) is 12.1 Å². The van der Waals surface area contributed by atoms with Gasteiger partial charge in [-0.1, -0.05) is 70.8 Å². The Kier molecular flexibility index (Phi) is 10.2. The highest BCUT2D eigenvalue weighted by Crippen LogP contribution is 2.11. The summed E-state index contributed by atoms with van der Waals surface area (Å²) in [5.41, 5.74) is 1.50. The van der Waals surface area contributed by atoms with E-state index in [1.807, 2.05) is 6.07 Å². The van der Waals surface area contributed by atoms with Crippen LogP contribution in [0.5, 0.6) is 0 Å². The van der Waals surface area contributed by atoms with Gasteiger partial charge < -0.3 is 10.0 Å². The first-order chi connectivity index (χ1) is 10.2. The minimum absolute atomic E-state index is 0.460. The molecule has 2 N–H and O–H groups in total. The Morgan fingerprint density at radius 1 is 0.857 bits per heavy atom. The van der Waals surface area contributed by atoms with Gasteiger partial charge in [-0.05, 0) is 18.9 Å². The summed E-state index contributed by atoms with van der Waals surface area (Å²) >= 11 is 0. The van der Waals surface area contributed by atoms with Crippen LogP contribution in [0.2, 0.25) is 0 Å². The van der Waals surface area contributed by atoms with E-state index in [-0.39, 0.29) is 0 Å². The largest absolute Gasteiger partial charge is 0.490 e. The van der Waals surface area contributed by atoms with Gasteiger partial charge in [0, 0.05) is 17.4 Å². The van der Waals surface area contributed by atoms with Crippen molar-refractivity contribution in [1.29, 1.82) is 0 Å². The third-order valence-corrected chi connectivity index (χ3v) is 3.93. The van der Waals surface area contributed by atoms with E-state index in [1.54, 1.807) is 12.3 Å². The van der Waals surface area contributed by atoms with Gasteiger partial charge in [0.15, 0.2) is 0 Å². The van der Waals surface area contributed by atoms with Crippen LogP contribution in [0.1, 0.15) is 76.8 Å². The smallest absolute Gasteiger partial charge is 0.423 e. The zero-order valence-corrected chi connectivity index (χ0v) is 13.4. The summed E-state index contributed by atoms with van der Waals surface area (Å²) in [6, 6.07) is 3.63. The molecular weight excluding hydrogens is 261 g/mol. The Hall–Kier alpha value is -0.865. The van der Waals surface area contributed by atoms with E-state index in [1.165, 1.54) is 64.2 Å². The molecule has 21 heavy (non-hydrogen) atoms. The lowest BCUT2D eigenvalue weighted by Gasteiger charge is -2.04. The average molecular weight is 291 g/mol. The summed E-state index contributed by atoms with van der Waals surface area (Å²) in [5, 5.41) is 18.0. The highest BCUT2D eigenvalue weighted by molar-refractivity contribution is 6.58. The molecule has 1 aromatic rings. The van der Waals surface area contributed by atoms with Crippen molar-refractivity contribution in [3.05, 3.63) is 24.0 Å². The summed E-state index contributed by atoms with van der Waals surface area (Å²) in [6.07, 6.45) is 15.9. The fourth-order valence-electron chi connectivity index (χ4n) is 2.53. The third kappa shape index (κ3) is 8.89. The van der Waals surface area contributed by atoms with Crippen molar-refractivity contribution in [2.24, 2.45) is 0 Å². The molecule has 3 nitrogen and oxygen atoms in total. The summed E-state index contributed by atoms with van der Waals surface area (Å²) in [6.45, 7) is 2.26. The zero-order valence-electron chi connectivity index (χ0n) is 13.4. The van der Waals surface area contributed by atoms with E-state index >= 15 is 0 Å². The Morgan fingerprint density at radius 3 is 1.90 bits per heavy atom. The lowest BCUT2D eigenvalue weighted by atomic mass is 9.81. The zero-order chi connectivity index (χ0) is 15.3. The van der Waals surface area contributed by atoms with E-state index in [0.29, 0.717) is 5.46 Å². The van der Waals surface area contributed by atoms with Crippen molar-refractivity contribution in [3.8, 4) is 0 Å². The van der Waals surface area contributed by atoms with Gasteiger partial charge in [0.25, 0.3) is 0 Å². The number of aromatic nitrogens is 1. The van der Waals surface area contributed by atoms with Crippen LogP contribution in [0.15, 0.2) is 18.3 Å². The number of nitrogens with zero attached hydrogens (tertiary/aromatic N) is 1. The topological polar surface area (TPSA) is 53.4 Å². The summed E-state index contributed by atoms with van der Waals surface area (Å²) in [7, 11) is -1.41. The molecule has 0 radical (unpaired) electrons. The molecule has 1 heterocycles. The van der Waals surface area contributed by atoms with Gasteiger partial charge in [0.2, 0.25) is 0 Å². The third-order valence-electron chi connectivity index (χ3n) is 3.93. The molecule has 0 atom stereocenters. The monoisotopic (exact) mass is 291 g/mol. The number of unbranched alkanes of at least 4 members (excludes halogenated alkanes) is 9. The maximum absolute atomic E-state index is 8.99. The minimum Gasteiger partial charge on any atom is -0.423 e. The first kappa shape index (κ1) is 18.2. The number of hydrogen-bond donors (Lipinski definition) is 2. The lowest BCUT2D eigenvalue weighted by Crippen LogP contribution is -2.30. The van der Waals surface area contributed by atoms with Crippen molar-refractivity contribution in [2.75, 3.05) is 0 Å². The van der Waals surface area contributed by atoms with Crippen molar-refractivity contribution in [3.63, 3.8) is 0 Å². The molecule has 1 rings (SSSR count). The normalized spacial score (nSPS) is 10.8. The Balaban J connectivity index is 1.96. The van der Waals surface area contributed by atoms with Gasteiger partial charge >= 0.3 is 7.12 Å². The second kappa shape index (κ2) is 11.8. The van der Waals surface area contributed by atoms with Crippen LogP contribution in [0.3, 0.4) is 0 Å². The molecule has 0 saturated carbocycles. The van der Waals surface area contributed by atoms with Crippen molar-refractivity contribution in [2.45, 2.75) is 77.6 Å². The molecule has 118 valence electrons. The predicted octanol–water partition coefficient (Wildman–Crippen LogP) is 3.22. The molecular formula is C17H30BNO2. The Bertz CT molecular complexity index is 354. The molecule has 0 unspecified atom stereocenters. The number of pyridine rings is 1. The predicted molar refractivity (Wildman–Crippen MR) is 89.6 cm³/mol. The molecule has 0 aliphatic carbocycles. The first-order valence-electron chi connectivity index (χ1n) is 8.55. The summed E-state index contributed by atoms with van der Waals surface area (Å²) < 4.78 is 0. The molecule has 0 aromatic carbocycles. The van der Waals surface area contributed by atoms with Crippen LogP contribution in [0.25, 0.3) is 0 Å². The van der Waals surface area contributed by atoms with Crippen LogP contribution < -0.4 is 5.46 Å². The number of hydrogen-bond acceptors (Lipinski definition) is 3. The molecule has 4 heteroatoms. The van der Waals surface area contributed by atoms with Crippen molar-refractivity contribution in [1.82, 2.24) is 4.98 Å². The standard InChI is InChI=1S/C17H30BNO2/c1-2-3-4-5-6-7-8-9-10-11-12-17-14-13-16(15-19-17)18(20)21/h13-15,20-21H,2-12H2,1H3. The van der Waals surface area contributed by atoms with Crippen molar-refractivity contribution < 1.29 is 10.0 Å². The number of aryl methyl sites for hydroxylation is 1. The molecule has 0 bridgehead atoms. The molecule has 0 aliphatic rings. The van der Waals surface area contributed by atoms with E-state index in [9.17, 15) is 0 Å². The minimum atomic E-state index is -1.41. The van der Waals surface area contributed by atoms with Gasteiger partial charge in [-0.2, -0.15) is 0 Å². The molecule has 0 amide bonds. The molecule has 1 aromatic heterocycles. The molecule has 0 aliphatic heterocycles.